The van der Waals surface area contributed by atoms with E-state index >= 15 is 0 Å². The van der Waals surface area contributed by atoms with Crippen molar-refractivity contribution in [2.24, 2.45) is 0 Å². The molecule has 0 spiro atoms. The number of anilines is 1. The van der Waals surface area contributed by atoms with Crippen LogP contribution in [0.4, 0.5) is 15.0 Å². The van der Waals surface area contributed by atoms with E-state index in [2.05, 4.69) is 25.5 Å². The highest BCUT2D eigenvalue weighted by Gasteiger charge is 2.23. The summed E-state index contributed by atoms with van der Waals surface area (Å²) in [6, 6.07) is 7.96. The first kappa shape index (κ1) is 22.9. The van der Waals surface area contributed by atoms with Gasteiger partial charge in [0.2, 0.25) is 0 Å². The van der Waals surface area contributed by atoms with Crippen molar-refractivity contribution in [2.45, 2.75) is 32.2 Å². The Bertz CT molecular complexity index is 1100. The molecule has 9 heteroatoms. The molecule has 2 amide bonds. The molecule has 0 saturated carbocycles. The number of piperidine rings is 1. The van der Waals surface area contributed by atoms with Crippen molar-refractivity contribution in [3.8, 4) is 22.5 Å². The monoisotopic (exact) mass is 468 g/mol. The predicted molar refractivity (Wildman–Crippen MR) is 128 cm³/mol. The zero-order valence-electron chi connectivity index (χ0n) is 18.4. The maximum Gasteiger partial charge on any atom is 0.315 e. The van der Waals surface area contributed by atoms with Gasteiger partial charge in [-0.2, -0.15) is 0 Å². The third kappa shape index (κ3) is 5.57. The smallest absolute Gasteiger partial charge is 0.315 e. The van der Waals surface area contributed by atoms with E-state index in [1.54, 1.807) is 36.8 Å². The summed E-state index contributed by atoms with van der Waals surface area (Å²) >= 11 is 6.44. The van der Waals surface area contributed by atoms with Crippen LogP contribution in [0.1, 0.15) is 26.2 Å². The van der Waals surface area contributed by atoms with Crippen LogP contribution in [-0.2, 0) is 0 Å². The van der Waals surface area contributed by atoms with Gasteiger partial charge in [0.25, 0.3) is 0 Å². The summed E-state index contributed by atoms with van der Waals surface area (Å²) in [7, 11) is 0. The summed E-state index contributed by atoms with van der Waals surface area (Å²) in [5.41, 5.74) is 2.70. The molecule has 0 unspecified atom stereocenters. The summed E-state index contributed by atoms with van der Waals surface area (Å²) in [4.78, 5) is 27.8. The molecule has 2 N–H and O–H groups in total. The number of carbonyl (C=O) groups is 1. The number of urea groups is 1. The summed E-state index contributed by atoms with van der Waals surface area (Å²) in [6.07, 6.45) is 7.49. The first-order chi connectivity index (χ1) is 16.0. The second-order valence-corrected chi connectivity index (χ2v) is 8.36. The van der Waals surface area contributed by atoms with Gasteiger partial charge in [-0.25, -0.2) is 14.2 Å². The average molecular weight is 469 g/mol. The highest BCUT2D eigenvalue weighted by Crippen LogP contribution is 2.34. The summed E-state index contributed by atoms with van der Waals surface area (Å²) in [5.74, 6) is 0.421. The Hall–Kier alpha value is -3.26. The topological polar surface area (TPSA) is 83.0 Å². The van der Waals surface area contributed by atoms with E-state index in [-0.39, 0.29) is 17.9 Å². The van der Waals surface area contributed by atoms with E-state index in [1.165, 1.54) is 12.1 Å². The van der Waals surface area contributed by atoms with E-state index in [9.17, 15) is 9.18 Å². The average Bonchev–Trinajstić information content (AvgIpc) is 2.84. The molecule has 1 fully saturated rings. The van der Waals surface area contributed by atoms with E-state index < -0.39 is 0 Å². The standard InChI is InChI=1S/C24H26ClFN6O/c1-2-10-28-24(33)30-18-8-12-32(13-9-18)21-15-29-22(16-3-5-17(26)6-4-16)23(31-21)19-7-11-27-14-20(19)25/h3-7,11,14-15,18H,2,8-10,12-13H2,1H3,(H2,28,30,33). The lowest BCUT2D eigenvalue weighted by atomic mass is 10.0. The fourth-order valence-electron chi connectivity index (χ4n) is 3.83. The Morgan fingerprint density at radius 1 is 1.15 bits per heavy atom. The molecule has 0 atom stereocenters. The molecule has 1 aliphatic rings. The second kappa shape index (κ2) is 10.6. The van der Waals surface area contributed by atoms with Gasteiger partial charge in [-0.1, -0.05) is 18.5 Å². The molecule has 3 heterocycles. The van der Waals surface area contributed by atoms with Gasteiger partial charge in [0.15, 0.2) is 0 Å². The Balaban J connectivity index is 1.57. The van der Waals surface area contributed by atoms with Crippen molar-refractivity contribution in [1.82, 2.24) is 25.6 Å². The van der Waals surface area contributed by atoms with Gasteiger partial charge in [0.1, 0.15) is 17.3 Å². The molecule has 1 saturated heterocycles. The number of pyridine rings is 1. The molecule has 4 rings (SSSR count). The lowest BCUT2D eigenvalue weighted by Crippen LogP contribution is -2.48. The summed E-state index contributed by atoms with van der Waals surface area (Å²) < 4.78 is 13.5. The van der Waals surface area contributed by atoms with E-state index in [1.807, 2.05) is 6.92 Å². The first-order valence-electron chi connectivity index (χ1n) is 11.1. The maximum atomic E-state index is 13.5. The lowest BCUT2D eigenvalue weighted by Gasteiger charge is -2.33. The zero-order chi connectivity index (χ0) is 23.2. The summed E-state index contributed by atoms with van der Waals surface area (Å²) in [5, 5.41) is 6.36. The number of hydrogen-bond donors (Lipinski definition) is 2. The highest BCUT2D eigenvalue weighted by atomic mass is 35.5. The van der Waals surface area contributed by atoms with Crippen LogP contribution in [0, 0.1) is 5.82 Å². The van der Waals surface area contributed by atoms with Crippen LogP contribution < -0.4 is 15.5 Å². The zero-order valence-corrected chi connectivity index (χ0v) is 19.1. The third-order valence-corrected chi connectivity index (χ3v) is 5.90. The van der Waals surface area contributed by atoms with Crippen molar-refractivity contribution >= 4 is 23.4 Å². The Labute approximate surface area is 197 Å². The summed E-state index contributed by atoms with van der Waals surface area (Å²) in [6.45, 7) is 4.18. The van der Waals surface area contributed by atoms with E-state index in [0.29, 0.717) is 28.5 Å². The Morgan fingerprint density at radius 2 is 1.91 bits per heavy atom. The molecule has 0 radical (unpaired) electrons. The lowest BCUT2D eigenvalue weighted by molar-refractivity contribution is 0.234. The first-order valence-corrected chi connectivity index (χ1v) is 11.4. The number of aromatic nitrogens is 3. The number of carbonyl (C=O) groups excluding carboxylic acids is 1. The van der Waals surface area contributed by atoms with Gasteiger partial charge in [0, 0.05) is 49.2 Å². The van der Waals surface area contributed by atoms with Crippen molar-refractivity contribution < 1.29 is 9.18 Å². The molecule has 0 aliphatic carbocycles. The fourth-order valence-corrected chi connectivity index (χ4v) is 4.04. The minimum absolute atomic E-state index is 0.117. The molecular weight excluding hydrogens is 443 g/mol. The van der Waals surface area contributed by atoms with Crippen LogP contribution in [-0.4, -0.2) is 46.7 Å². The van der Waals surface area contributed by atoms with Crippen LogP contribution in [0.15, 0.2) is 48.9 Å². The van der Waals surface area contributed by atoms with Gasteiger partial charge in [-0.3, -0.25) is 9.97 Å². The molecular formula is C24H26ClFN6O. The number of halogens is 2. The second-order valence-electron chi connectivity index (χ2n) is 7.95. The Kier molecular flexibility index (Phi) is 7.34. The number of hydrogen-bond acceptors (Lipinski definition) is 5. The SMILES string of the molecule is CCCNC(=O)NC1CCN(c2cnc(-c3ccc(F)cc3)c(-c3ccncc3Cl)n2)CC1. The Morgan fingerprint density at radius 3 is 2.61 bits per heavy atom. The van der Waals surface area contributed by atoms with Crippen molar-refractivity contribution in [1.29, 1.82) is 0 Å². The van der Waals surface area contributed by atoms with Crippen LogP contribution in [0.5, 0.6) is 0 Å². The molecule has 7 nitrogen and oxygen atoms in total. The van der Waals surface area contributed by atoms with Crippen molar-refractivity contribution in [2.75, 3.05) is 24.5 Å². The minimum Gasteiger partial charge on any atom is -0.355 e. The van der Waals surface area contributed by atoms with Gasteiger partial charge in [0.05, 0.1) is 16.9 Å². The number of rotatable bonds is 6. The maximum absolute atomic E-state index is 13.5. The fraction of sp³-hybridized carbons (Fsp3) is 0.333. The van der Waals surface area contributed by atoms with Crippen LogP contribution in [0.3, 0.4) is 0 Å². The van der Waals surface area contributed by atoms with Crippen molar-refractivity contribution in [3.63, 3.8) is 0 Å². The number of benzene rings is 1. The molecule has 33 heavy (non-hydrogen) atoms. The molecule has 0 bridgehead atoms. The molecule has 172 valence electrons. The quantitative estimate of drug-likeness (QED) is 0.549. The number of amides is 2. The van der Waals surface area contributed by atoms with Gasteiger partial charge >= 0.3 is 6.03 Å². The van der Waals surface area contributed by atoms with Gasteiger partial charge in [-0.05, 0) is 49.6 Å². The highest BCUT2D eigenvalue weighted by molar-refractivity contribution is 6.33. The van der Waals surface area contributed by atoms with Crippen LogP contribution >= 0.6 is 11.6 Å². The molecule has 3 aromatic rings. The number of nitrogens with zero attached hydrogens (tertiary/aromatic N) is 4. The molecule has 1 aliphatic heterocycles. The third-order valence-electron chi connectivity index (χ3n) is 5.59. The van der Waals surface area contributed by atoms with Gasteiger partial charge < -0.3 is 15.5 Å². The largest absolute Gasteiger partial charge is 0.355 e. The van der Waals surface area contributed by atoms with E-state index in [4.69, 9.17) is 16.6 Å². The normalized spacial score (nSPS) is 14.2. The van der Waals surface area contributed by atoms with E-state index in [0.717, 1.165) is 43.7 Å². The van der Waals surface area contributed by atoms with Crippen LogP contribution in [0.2, 0.25) is 5.02 Å². The van der Waals surface area contributed by atoms with Crippen molar-refractivity contribution in [3.05, 3.63) is 59.8 Å². The number of nitrogens with one attached hydrogen (secondary N) is 2. The predicted octanol–water partition coefficient (Wildman–Crippen LogP) is 4.68. The van der Waals surface area contributed by atoms with Crippen LogP contribution in [0.25, 0.3) is 22.5 Å². The minimum atomic E-state index is -0.313. The van der Waals surface area contributed by atoms with Gasteiger partial charge in [-0.15, -0.1) is 0 Å². The molecule has 2 aromatic heterocycles. The molecule has 1 aromatic carbocycles.